The minimum Gasteiger partial charge on any atom is -0.383 e. The van der Waals surface area contributed by atoms with Gasteiger partial charge in [0.1, 0.15) is 11.6 Å². The second-order valence-electron chi connectivity index (χ2n) is 7.29. The average molecular weight is 433 g/mol. The number of hydrogen-bond acceptors (Lipinski definition) is 6. The molecule has 0 aliphatic carbocycles. The number of halogens is 1. The van der Waals surface area contributed by atoms with Crippen LogP contribution in [-0.2, 0) is 13.1 Å². The minimum atomic E-state index is -0.154. The third-order valence-corrected chi connectivity index (χ3v) is 5.36. The zero-order valence-electron chi connectivity index (χ0n) is 17.2. The van der Waals surface area contributed by atoms with Gasteiger partial charge in [0.25, 0.3) is 5.91 Å². The lowest BCUT2D eigenvalue weighted by molar-refractivity contribution is 0.0723. The van der Waals surface area contributed by atoms with Gasteiger partial charge in [0.2, 0.25) is 0 Å². The summed E-state index contributed by atoms with van der Waals surface area (Å²) in [7, 11) is 0. The number of benzene rings is 1. The molecule has 7 nitrogen and oxygen atoms in total. The Kier molecular flexibility index (Phi) is 5.77. The summed E-state index contributed by atoms with van der Waals surface area (Å²) >= 11 is 6.11. The molecule has 0 radical (unpaired) electrons. The predicted molar refractivity (Wildman–Crippen MR) is 120 cm³/mol. The Labute approximate surface area is 184 Å². The Morgan fingerprint density at radius 3 is 2.55 bits per heavy atom. The lowest BCUT2D eigenvalue weighted by atomic mass is 10.1. The second kappa shape index (κ2) is 8.65. The summed E-state index contributed by atoms with van der Waals surface area (Å²) in [6, 6.07) is 12.7. The number of nitrogen functional groups attached to an aromatic ring is 1. The SMILES string of the molecule is Cc1cc2cc(C(=O)N(Cc3ccc(Cl)c(C)n3)Cc3ncccn3)ccc2nc1N. The van der Waals surface area contributed by atoms with Crippen LogP contribution in [0.4, 0.5) is 5.82 Å². The van der Waals surface area contributed by atoms with E-state index in [4.69, 9.17) is 17.3 Å². The monoisotopic (exact) mass is 432 g/mol. The average Bonchev–Trinajstić information content (AvgIpc) is 2.76. The van der Waals surface area contributed by atoms with Crippen LogP contribution >= 0.6 is 11.6 Å². The molecule has 4 aromatic rings. The second-order valence-corrected chi connectivity index (χ2v) is 7.70. The van der Waals surface area contributed by atoms with Crippen LogP contribution in [0.15, 0.2) is 54.9 Å². The first-order valence-corrected chi connectivity index (χ1v) is 10.1. The van der Waals surface area contributed by atoms with Crippen molar-refractivity contribution in [1.29, 1.82) is 0 Å². The van der Waals surface area contributed by atoms with Crippen molar-refractivity contribution >= 4 is 34.2 Å². The van der Waals surface area contributed by atoms with Crippen LogP contribution in [0.1, 0.15) is 33.1 Å². The van der Waals surface area contributed by atoms with E-state index in [2.05, 4.69) is 19.9 Å². The molecule has 4 rings (SSSR count). The quantitative estimate of drug-likeness (QED) is 0.509. The van der Waals surface area contributed by atoms with Gasteiger partial charge >= 0.3 is 0 Å². The van der Waals surface area contributed by atoms with Crippen molar-refractivity contribution in [3.8, 4) is 0 Å². The lowest BCUT2D eigenvalue weighted by Crippen LogP contribution is -2.31. The summed E-state index contributed by atoms with van der Waals surface area (Å²) in [6.07, 6.45) is 3.31. The molecule has 2 N–H and O–H groups in total. The Morgan fingerprint density at radius 2 is 1.81 bits per heavy atom. The summed E-state index contributed by atoms with van der Waals surface area (Å²) in [5.74, 6) is 0.879. The number of amides is 1. The van der Waals surface area contributed by atoms with Gasteiger partial charge in [-0.05, 0) is 61.9 Å². The predicted octanol–water partition coefficient (Wildman–Crippen LogP) is 4.11. The molecule has 0 atom stereocenters. The molecule has 0 bridgehead atoms. The molecule has 0 saturated carbocycles. The molecule has 0 saturated heterocycles. The number of rotatable bonds is 5. The molecule has 0 unspecified atom stereocenters. The molecular weight excluding hydrogens is 412 g/mol. The Balaban J connectivity index is 1.69. The summed E-state index contributed by atoms with van der Waals surface area (Å²) in [5, 5.41) is 1.44. The number of nitrogens with zero attached hydrogens (tertiary/aromatic N) is 5. The van der Waals surface area contributed by atoms with Crippen molar-refractivity contribution in [1.82, 2.24) is 24.8 Å². The zero-order chi connectivity index (χ0) is 22.0. The van der Waals surface area contributed by atoms with Gasteiger partial charge in [0, 0.05) is 23.3 Å². The van der Waals surface area contributed by atoms with Crippen molar-refractivity contribution in [2.75, 3.05) is 5.73 Å². The van der Waals surface area contributed by atoms with E-state index in [1.807, 2.05) is 32.0 Å². The number of nitrogens with two attached hydrogens (primary N) is 1. The third kappa shape index (κ3) is 4.62. The summed E-state index contributed by atoms with van der Waals surface area (Å²) in [4.78, 5) is 32.6. The molecule has 0 aliphatic rings. The first kappa shape index (κ1) is 20.7. The molecule has 1 aromatic carbocycles. The number of aromatic nitrogens is 4. The molecule has 31 heavy (non-hydrogen) atoms. The van der Waals surface area contributed by atoms with Crippen molar-refractivity contribution in [2.45, 2.75) is 26.9 Å². The van der Waals surface area contributed by atoms with Crippen LogP contribution in [0.25, 0.3) is 10.9 Å². The molecule has 3 heterocycles. The first-order chi connectivity index (χ1) is 14.9. The van der Waals surface area contributed by atoms with E-state index < -0.39 is 0 Å². The number of pyridine rings is 2. The Hall–Kier alpha value is -3.58. The summed E-state index contributed by atoms with van der Waals surface area (Å²) in [6.45, 7) is 4.28. The molecular formula is C23H21ClN6O. The largest absolute Gasteiger partial charge is 0.383 e. The topological polar surface area (TPSA) is 97.9 Å². The molecule has 8 heteroatoms. The van der Waals surface area contributed by atoms with E-state index in [1.54, 1.807) is 41.6 Å². The summed E-state index contributed by atoms with van der Waals surface area (Å²) in [5.41, 5.74) is 9.51. The van der Waals surface area contributed by atoms with Crippen LogP contribution in [0.2, 0.25) is 5.02 Å². The highest BCUT2D eigenvalue weighted by Crippen LogP contribution is 2.21. The van der Waals surface area contributed by atoms with Gasteiger partial charge in [-0.1, -0.05) is 11.6 Å². The standard InChI is InChI=1S/C23H21ClN6O/c1-14-10-17-11-16(4-7-20(17)29-22(14)25)23(31)30(13-21-26-8-3-9-27-21)12-18-5-6-19(24)15(2)28-18/h3-11H,12-13H2,1-2H3,(H2,25,29). The van der Waals surface area contributed by atoms with E-state index in [9.17, 15) is 4.79 Å². The lowest BCUT2D eigenvalue weighted by Gasteiger charge is -2.22. The smallest absolute Gasteiger partial charge is 0.254 e. The van der Waals surface area contributed by atoms with Crippen molar-refractivity contribution in [3.05, 3.63) is 88.2 Å². The van der Waals surface area contributed by atoms with Gasteiger partial charge in [-0.15, -0.1) is 0 Å². The number of hydrogen-bond donors (Lipinski definition) is 1. The van der Waals surface area contributed by atoms with E-state index in [1.165, 1.54) is 0 Å². The van der Waals surface area contributed by atoms with Gasteiger partial charge in [-0.2, -0.15) is 0 Å². The van der Waals surface area contributed by atoms with E-state index in [0.29, 0.717) is 34.5 Å². The minimum absolute atomic E-state index is 0.154. The molecule has 0 aliphatic heterocycles. The van der Waals surface area contributed by atoms with Gasteiger partial charge in [-0.25, -0.2) is 15.0 Å². The van der Waals surface area contributed by atoms with Gasteiger partial charge in [-0.3, -0.25) is 9.78 Å². The van der Waals surface area contributed by atoms with E-state index in [0.717, 1.165) is 22.2 Å². The molecule has 156 valence electrons. The highest BCUT2D eigenvalue weighted by Gasteiger charge is 2.19. The molecule has 1 amide bonds. The first-order valence-electron chi connectivity index (χ1n) is 9.75. The highest BCUT2D eigenvalue weighted by atomic mass is 35.5. The number of fused-ring (bicyclic) bond motifs is 1. The van der Waals surface area contributed by atoms with Gasteiger partial charge < -0.3 is 10.6 Å². The normalized spacial score (nSPS) is 10.9. The number of carbonyl (C=O) groups is 1. The summed E-state index contributed by atoms with van der Waals surface area (Å²) < 4.78 is 0. The molecule has 0 fully saturated rings. The fraction of sp³-hybridized carbons (Fsp3) is 0.174. The van der Waals surface area contributed by atoms with Crippen LogP contribution in [0, 0.1) is 13.8 Å². The van der Waals surface area contributed by atoms with E-state index in [-0.39, 0.29) is 12.5 Å². The Morgan fingerprint density at radius 1 is 1.03 bits per heavy atom. The zero-order valence-corrected chi connectivity index (χ0v) is 18.0. The van der Waals surface area contributed by atoms with Crippen LogP contribution in [0.3, 0.4) is 0 Å². The van der Waals surface area contributed by atoms with Crippen LogP contribution in [0.5, 0.6) is 0 Å². The maximum Gasteiger partial charge on any atom is 0.254 e. The van der Waals surface area contributed by atoms with Crippen molar-refractivity contribution in [3.63, 3.8) is 0 Å². The van der Waals surface area contributed by atoms with Gasteiger partial charge in [0.15, 0.2) is 0 Å². The Bertz CT molecular complexity index is 1260. The highest BCUT2D eigenvalue weighted by molar-refractivity contribution is 6.31. The number of anilines is 1. The molecule has 0 spiro atoms. The van der Waals surface area contributed by atoms with Gasteiger partial charge in [0.05, 0.1) is 35.0 Å². The molecule has 3 aromatic heterocycles. The third-order valence-electron chi connectivity index (χ3n) is 4.96. The van der Waals surface area contributed by atoms with Crippen molar-refractivity contribution in [2.24, 2.45) is 0 Å². The van der Waals surface area contributed by atoms with Crippen LogP contribution < -0.4 is 5.73 Å². The maximum absolute atomic E-state index is 13.5. The number of carbonyl (C=O) groups excluding carboxylic acids is 1. The maximum atomic E-state index is 13.5. The fourth-order valence-electron chi connectivity index (χ4n) is 3.27. The van der Waals surface area contributed by atoms with Crippen LogP contribution in [-0.4, -0.2) is 30.7 Å². The fourth-order valence-corrected chi connectivity index (χ4v) is 3.38. The number of aryl methyl sites for hydroxylation is 2. The van der Waals surface area contributed by atoms with E-state index >= 15 is 0 Å². The van der Waals surface area contributed by atoms with Crippen molar-refractivity contribution < 1.29 is 4.79 Å².